The first-order chi connectivity index (χ1) is 15.3. The summed E-state index contributed by atoms with van der Waals surface area (Å²) in [6, 6.07) is 16.1. The molecule has 12 heteroatoms. The van der Waals surface area contributed by atoms with Crippen molar-refractivity contribution in [2.45, 2.75) is 11.5 Å². The molecule has 0 aliphatic heterocycles. The van der Waals surface area contributed by atoms with E-state index in [9.17, 15) is 8.78 Å². The molecule has 3 aromatic rings. The molecule has 0 fully saturated rings. The normalized spacial score (nSPS) is 11.5. The first-order valence-electron chi connectivity index (χ1n) is 9.22. The third-order valence-electron chi connectivity index (χ3n) is 4.13. The summed E-state index contributed by atoms with van der Waals surface area (Å²) in [5.74, 6) is -1.23. The van der Waals surface area contributed by atoms with Gasteiger partial charge in [0.05, 0.1) is 11.4 Å². The lowest BCUT2D eigenvalue weighted by Crippen LogP contribution is -2.09. The van der Waals surface area contributed by atoms with E-state index in [1.807, 2.05) is 0 Å². The quantitative estimate of drug-likeness (QED) is 0.205. The summed E-state index contributed by atoms with van der Waals surface area (Å²) < 4.78 is 27.7. The number of nitrogens with zero attached hydrogens (tertiary/aromatic N) is 2. The Hall–Kier alpha value is -1.30. The number of amidine groups is 2. The lowest BCUT2D eigenvalue weighted by atomic mass is 10.1. The van der Waals surface area contributed by atoms with Gasteiger partial charge in [0.15, 0.2) is 22.0 Å². The Labute approximate surface area is 236 Å². The number of halogens is 6. The fourth-order valence-corrected chi connectivity index (χ4v) is 4.29. The molecule has 34 heavy (non-hydrogen) atoms. The third kappa shape index (κ3) is 9.75. The van der Waals surface area contributed by atoms with Gasteiger partial charge in [-0.1, -0.05) is 46.7 Å². The molecule has 0 atom stereocenters. The van der Waals surface area contributed by atoms with E-state index < -0.39 is 11.6 Å². The molecular formula is C22H20Br2Cl2F2N4S2. The van der Waals surface area contributed by atoms with Gasteiger partial charge in [0.1, 0.15) is 0 Å². The van der Waals surface area contributed by atoms with Crippen LogP contribution in [0.5, 0.6) is 0 Å². The molecule has 0 amide bonds. The van der Waals surface area contributed by atoms with Crippen LogP contribution in [0.4, 0.5) is 20.2 Å². The Bertz CT molecular complexity index is 1060. The molecule has 0 saturated carbocycles. The van der Waals surface area contributed by atoms with Crippen LogP contribution < -0.4 is 11.5 Å². The van der Waals surface area contributed by atoms with E-state index in [4.69, 9.17) is 34.7 Å². The second-order valence-electron chi connectivity index (χ2n) is 6.47. The highest BCUT2D eigenvalue weighted by Crippen LogP contribution is 2.26. The van der Waals surface area contributed by atoms with Gasteiger partial charge in [0.25, 0.3) is 0 Å². The summed E-state index contributed by atoms with van der Waals surface area (Å²) in [5, 5.41) is 1.77. The van der Waals surface area contributed by atoms with Crippen LogP contribution in [0.25, 0.3) is 0 Å². The Morgan fingerprint density at radius 2 is 1.00 bits per heavy atom. The lowest BCUT2D eigenvalue weighted by Gasteiger charge is -2.10. The number of hydrogen-bond acceptors (Lipinski definition) is 4. The predicted molar refractivity (Wildman–Crippen MR) is 155 cm³/mol. The minimum Gasteiger partial charge on any atom is -0.378 e. The molecule has 182 valence electrons. The monoisotopic (exact) mass is 670 g/mol. The lowest BCUT2D eigenvalue weighted by molar-refractivity contribution is 0.506. The summed E-state index contributed by atoms with van der Waals surface area (Å²) in [7, 11) is 0. The van der Waals surface area contributed by atoms with Gasteiger partial charge in [-0.3, -0.25) is 0 Å². The van der Waals surface area contributed by atoms with Crippen molar-refractivity contribution in [3.63, 3.8) is 0 Å². The molecule has 3 aromatic carbocycles. The van der Waals surface area contributed by atoms with E-state index in [0.717, 1.165) is 0 Å². The van der Waals surface area contributed by atoms with Crippen molar-refractivity contribution in [3.8, 4) is 0 Å². The van der Waals surface area contributed by atoms with Crippen LogP contribution in [0.1, 0.15) is 11.1 Å². The van der Waals surface area contributed by atoms with Crippen LogP contribution in [0.3, 0.4) is 0 Å². The first-order valence-corrected chi connectivity index (χ1v) is 11.9. The number of nitrogens with two attached hydrogens (primary N) is 2. The number of aliphatic imine (C=N–C) groups is 2. The highest BCUT2D eigenvalue weighted by Gasteiger charge is 2.12. The molecule has 3 rings (SSSR count). The molecule has 0 spiro atoms. The zero-order valence-electron chi connectivity index (χ0n) is 17.4. The van der Waals surface area contributed by atoms with E-state index in [1.54, 1.807) is 48.5 Å². The zero-order valence-corrected chi connectivity index (χ0v) is 24.0. The number of rotatable bonds is 6. The van der Waals surface area contributed by atoms with Gasteiger partial charge in [-0.2, -0.15) is 0 Å². The maximum absolute atomic E-state index is 13.9. The first kappa shape index (κ1) is 30.7. The van der Waals surface area contributed by atoms with E-state index >= 15 is 0 Å². The Balaban J connectivity index is 0.00000289. The van der Waals surface area contributed by atoms with Crippen molar-refractivity contribution >= 4 is 102 Å². The molecule has 0 aliphatic rings. The topological polar surface area (TPSA) is 76.8 Å². The van der Waals surface area contributed by atoms with Crippen molar-refractivity contribution in [2.24, 2.45) is 21.5 Å². The maximum atomic E-state index is 13.9. The van der Waals surface area contributed by atoms with Crippen LogP contribution in [0.15, 0.2) is 70.6 Å². The smallest absolute Gasteiger partial charge is 0.159 e. The van der Waals surface area contributed by atoms with E-state index in [1.165, 1.54) is 35.7 Å². The third-order valence-corrected chi connectivity index (χ3v) is 6.31. The van der Waals surface area contributed by atoms with Gasteiger partial charge in [-0.05, 0) is 71.8 Å². The Morgan fingerprint density at radius 1 is 0.676 bits per heavy atom. The highest BCUT2D eigenvalue weighted by molar-refractivity contribution is 8.93. The Kier molecular flexibility index (Phi) is 13.5. The van der Waals surface area contributed by atoms with Crippen molar-refractivity contribution in [3.05, 3.63) is 93.5 Å². The fraction of sp³-hybridized carbons (Fsp3) is 0.0909. The van der Waals surface area contributed by atoms with E-state index in [2.05, 4.69) is 9.98 Å². The fourth-order valence-electron chi connectivity index (χ4n) is 2.55. The molecule has 0 radical (unpaired) electrons. The molecule has 0 bridgehead atoms. The number of benzene rings is 3. The molecular weight excluding hydrogens is 653 g/mol. The van der Waals surface area contributed by atoms with Crippen LogP contribution in [-0.2, 0) is 11.5 Å². The zero-order chi connectivity index (χ0) is 23.1. The van der Waals surface area contributed by atoms with Gasteiger partial charge >= 0.3 is 0 Å². The number of hydrogen-bond donors (Lipinski definition) is 2. The summed E-state index contributed by atoms with van der Waals surface area (Å²) in [6.45, 7) is 0. The van der Waals surface area contributed by atoms with Crippen molar-refractivity contribution in [1.82, 2.24) is 0 Å². The Morgan fingerprint density at radius 3 is 1.32 bits per heavy atom. The molecule has 0 aliphatic carbocycles. The molecule has 0 saturated heterocycles. The van der Waals surface area contributed by atoms with Gasteiger partial charge in [-0.15, -0.1) is 34.0 Å². The van der Waals surface area contributed by atoms with Gasteiger partial charge in [0.2, 0.25) is 0 Å². The SMILES string of the molecule is Br.Br.NC(=Nc1ccc(Cl)cc1)SCc1cc(F)c(F)cc1CS/C(N)=N/c1ccc(Cl)cc1. The van der Waals surface area contributed by atoms with Gasteiger partial charge in [-0.25, -0.2) is 18.8 Å². The summed E-state index contributed by atoms with van der Waals surface area (Å²) >= 11 is 14.2. The molecule has 0 aromatic heterocycles. The number of thioether (sulfide) groups is 2. The second-order valence-corrected chi connectivity index (χ2v) is 9.33. The van der Waals surface area contributed by atoms with Gasteiger partial charge in [0, 0.05) is 21.6 Å². The minimum absolute atomic E-state index is 0. The van der Waals surface area contributed by atoms with Crippen LogP contribution in [0, 0.1) is 11.6 Å². The standard InChI is InChI=1S/C22H18Cl2F2N4S2.2BrH/c23-15-1-5-17(6-2-15)29-21(27)31-11-13-9-19(25)20(26)10-14(13)12-32-22(28)30-18-7-3-16(24)4-8-18;;/h1-10H,11-12H2,(H2,27,29)(H2,28,30);2*1H. The highest BCUT2D eigenvalue weighted by atomic mass is 79.9. The minimum atomic E-state index is -0.926. The summed E-state index contributed by atoms with van der Waals surface area (Å²) in [6.07, 6.45) is 0. The summed E-state index contributed by atoms with van der Waals surface area (Å²) in [5.41, 5.74) is 14.4. The maximum Gasteiger partial charge on any atom is 0.159 e. The molecule has 0 unspecified atom stereocenters. The van der Waals surface area contributed by atoms with Crippen LogP contribution in [-0.4, -0.2) is 10.3 Å². The molecule has 4 N–H and O–H groups in total. The van der Waals surface area contributed by atoms with Crippen LogP contribution in [0.2, 0.25) is 10.0 Å². The average molecular weight is 673 g/mol. The van der Waals surface area contributed by atoms with Crippen molar-refractivity contribution in [1.29, 1.82) is 0 Å². The van der Waals surface area contributed by atoms with Crippen molar-refractivity contribution in [2.75, 3.05) is 0 Å². The largest absolute Gasteiger partial charge is 0.378 e. The second kappa shape index (κ2) is 15.0. The molecule has 0 heterocycles. The van der Waals surface area contributed by atoms with Gasteiger partial charge < -0.3 is 11.5 Å². The average Bonchev–Trinajstić information content (AvgIpc) is 2.76. The van der Waals surface area contributed by atoms with E-state index in [0.29, 0.717) is 54.4 Å². The van der Waals surface area contributed by atoms with E-state index in [-0.39, 0.29) is 34.0 Å². The summed E-state index contributed by atoms with van der Waals surface area (Å²) in [4.78, 5) is 8.58. The van der Waals surface area contributed by atoms with Crippen LogP contribution >= 0.6 is 80.7 Å². The van der Waals surface area contributed by atoms with Crippen molar-refractivity contribution < 1.29 is 8.78 Å². The molecule has 4 nitrogen and oxygen atoms in total. The predicted octanol–water partition coefficient (Wildman–Crippen LogP) is 8.19.